The van der Waals surface area contributed by atoms with Gasteiger partial charge in [0.15, 0.2) is 5.66 Å². The van der Waals surface area contributed by atoms with Gasteiger partial charge in [-0.05, 0) is 26.7 Å². The van der Waals surface area contributed by atoms with E-state index in [-0.39, 0.29) is 18.5 Å². The van der Waals surface area contributed by atoms with Crippen molar-refractivity contribution < 1.29 is 19.9 Å². The van der Waals surface area contributed by atoms with Gasteiger partial charge in [-0.2, -0.15) is 10.1 Å². The molecule has 3 aliphatic rings. The molecule has 138 valence electrons. The number of hydrogen-bond donors (Lipinski definition) is 2. The quantitative estimate of drug-likeness (QED) is 0.875. The van der Waals surface area contributed by atoms with Crippen LogP contribution in [0.1, 0.15) is 51.5 Å². The molecule has 0 aromatic heterocycles. The maximum Gasteiger partial charge on any atom is 0.214 e. The molecule has 4 atom stereocenters. The lowest BCUT2D eigenvalue weighted by Gasteiger charge is -2.46. The zero-order chi connectivity index (χ0) is 17.9. The van der Waals surface area contributed by atoms with Crippen LogP contribution in [0.3, 0.4) is 0 Å². The Hall–Kier alpha value is -1.02. The molecule has 0 amide bonds. The van der Waals surface area contributed by atoms with Crippen LogP contribution in [0.4, 0.5) is 0 Å². The van der Waals surface area contributed by atoms with Gasteiger partial charge in [0.05, 0.1) is 17.7 Å². The topological polar surface area (TPSA) is 65.4 Å². The highest BCUT2D eigenvalue weighted by molar-refractivity contribution is 5.25. The Labute approximate surface area is 148 Å². The van der Waals surface area contributed by atoms with Crippen molar-refractivity contribution >= 4 is 0 Å². The van der Waals surface area contributed by atoms with Crippen LogP contribution in [0.25, 0.3) is 0 Å². The molecule has 25 heavy (non-hydrogen) atoms. The molecule has 2 heterocycles. The molecule has 1 aromatic rings. The fraction of sp³-hybridized carbons (Fsp3) is 0.684. The first kappa shape index (κ1) is 17.4. The highest BCUT2D eigenvalue weighted by Gasteiger charge is 2.73. The van der Waals surface area contributed by atoms with E-state index in [1.54, 1.807) is 7.11 Å². The largest absolute Gasteiger partial charge is 0.375 e. The van der Waals surface area contributed by atoms with Crippen LogP contribution in [-0.2, 0) is 15.4 Å². The molecule has 1 aliphatic carbocycles. The van der Waals surface area contributed by atoms with Crippen molar-refractivity contribution in [3.05, 3.63) is 35.9 Å². The molecule has 2 aliphatic heterocycles. The zero-order valence-electron chi connectivity index (χ0n) is 15.2. The molecule has 0 spiro atoms. The molecular weight excluding hydrogens is 320 g/mol. The average molecular weight is 348 g/mol. The number of rotatable bonds is 3. The van der Waals surface area contributed by atoms with Crippen molar-refractivity contribution in [3.8, 4) is 0 Å². The number of nitrogens with zero attached hydrogens (tertiary/aromatic N) is 2. The molecule has 3 fully saturated rings. The van der Waals surface area contributed by atoms with E-state index in [0.29, 0.717) is 5.56 Å². The summed E-state index contributed by atoms with van der Waals surface area (Å²) >= 11 is 0. The van der Waals surface area contributed by atoms with Crippen molar-refractivity contribution in [3.63, 3.8) is 0 Å². The first-order valence-corrected chi connectivity index (χ1v) is 9.15. The number of methoxy groups -OCH3 is 1. The predicted molar refractivity (Wildman–Crippen MR) is 91.4 cm³/mol. The summed E-state index contributed by atoms with van der Waals surface area (Å²) in [6.45, 7) is 3.89. The fourth-order valence-corrected chi connectivity index (χ4v) is 4.90. The van der Waals surface area contributed by atoms with Crippen molar-refractivity contribution in [1.29, 1.82) is 0 Å². The summed E-state index contributed by atoms with van der Waals surface area (Å²) < 4.78 is 5.80. The van der Waals surface area contributed by atoms with Gasteiger partial charge in [0.1, 0.15) is 0 Å². The summed E-state index contributed by atoms with van der Waals surface area (Å²) in [6.07, 6.45) is 4.27. The molecule has 1 saturated carbocycles. The summed E-state index contributed by atoms with van der Waals surface area (Å²) in [5.41, 5.74) is -0.985. The third-order valence-electron chi connectivity index (χ3n) is 6.49. The lowest BCUT2D eigenvalue weighted by molar-refractivity contribution is -0.334. The van der Waals surface area contributed by atoms with Crippen LogP contribution in [-0.4, -0.2) is 50.9 Å². The molecule has 0 unspecified atom stereocenters. The minimum absolute atomic E-state index is 0.00324. The molecule has 2 N–H and O–H groups in total. The van der Waals surface area contributed by atoms with Gasteiger partial charge in [-0.25, -0.2) is 0 Å². The van der Waals surface area contributed by atoms with E-state index in [4.69, 9.17) is 9.57 Å². The van der Waals surface area contributed by atoms with Crippen molar-refractivity contribution in [1.82, 2.24) is 10.1 Å². The number of aliphatic hydroxyl groups is 1. The maximum atomic E-state index is 11.3. The molecule has 1 aromatic carbocycles. The minimum atomic E-state index is -1.49. The van der Waals surface area contributed by atoms with E-state index in [2.05, 4.69) is 0 Å². The van der Waals surface area contributed by atoms with Gasteiger partial charge in [0, 0.05) is 19.1 Å². The monoisotopic (exact) mass is 348 g/mol. The van der Waals surface area contributed by atoms with Crippen LogP contribution in [0, 0.1) is 0 Å². The van der Waals surface area contributed by atoms with Crippen LogP contribution in [0.5, 0.6) is 0 Å². The Bertz CT molecular complexity index is 640. The summed E-state index contributed by atoms with van der Waals surface area (Å²) in [5.74, 6) is -1.49. The Morgan fingerprint density at radius 3 is 2.44 bits per heavy atom. The summed E-state index contributed by atoms with van der Waals surface area (Å²) in [6, 6.07) is 9.44. The van der Waals surface area contributed by atoms with E-state index in [9.17, 15) is 10.3 Å². The van der Waals surface area contributed by atoms with Crippen molar-refractivity contribution in [2.45, 2.75) is 75.1 Å². The van der Waals surface area contributed by atoms with Gasteiger partial charge < -0.3 is 15.1 Å². The van der Waals surface area contributed by atoms with Crippen molar-refractivity contribution in [2.75, 3.05) is 7.11 Å². The van der Waals surface area contributed by atoms with Gasteiger partial charge in [-0.15, -0.1) is 0 Å². The standard InChI is InChI=1S/C19H28N2O4/c1-17(2,24-3)19-13-18(22,14-9-5-4-6-10-14)25-21(19)16-12-8-7-11-15(16)20(19)23/h4-6,9-10,15-16,22-23H,7-8,11-13H2,1-3H3/t15-,16-,18+,19-/m0/s1. The Balaban J connectivity index is 1.81. The van der Waals surface area contributed by atoms with Gasteiger partial charge in [-0.3, -0.25) is 4.84 Å². The number of hydrogen-bond acceptors (Lipinski definition) is 6. The summed E-state index contributed by atoms with van der Waals surface area (Å²) in [5, 5.41) is 25.8. The van der Waals surface area contributed by atoms with Gasteiger partial charge in [0.25, 0.3) is 0 Å². The van der Waals surface area contributed by atoms with Crippen molar-refractivity contribution in [2.24, 2.45) is 0 Å². The second-order valence-corrected chi connectivity index (χ2v) is 8.04. The summed E-state index contributed by atoms with van der Waals surface area (Å²) in [4.78, 5) is 6.20. The molecule has 6 heteroatoms. The molecule has 4 rings (SSSR count). The van der Waals surface area contributed by atoms with E-state index >= 15 is 0 Å². The SMILES string of the molecule is COC(C)(C)[C@]12C[C@](O)(c3ccccc3)ON1[C@H]1CCCC[C@@H]1N2O. The van der Waals surface area contributed by atoms with Gasteiger partial charge in [-0.1, -0.05) is 43.2 Å². The molecule has 6 nitrogen and oxygen atoms in total. The minimum Gasteiger partial charge on any atom is -0.375 e. The van der Waals surface area contributed by atoms with E-state index < -0.39 is 17.1 Å². The first-order chi connectivity index (χ1) is 11.9. The van der Waals surface area contributed by atoms with E-state index in [1.165, 1.54) is 5.06 Å². The normalized spacial score (nSPS) is 39.4. The lowest BCUT2D eigenvalue weighted by Crippen LogP contribution is -2.64. The lowest BCUT2D eigenvalue weighted by atomic mass is 9.83. The fourth-order valence-electron chi connectivity index (χ4n) is 4.90. The summed E-state index contributed by atoms with van der Waals surface area (Å²) in [7, 11) is 1.64. The van der Waals surface area contributed by atoms with Gasteiger partial charge in [0.2, 0.25) is 5.79 Å². The Kier molecular flexibility index (Phi) is 3.99. The predicted octanol–water partition coefficient (Wildman–Crippen LogP) is 2.61. The highest BCUT2D eigenvalue weighted by atomic mass is 16.8. The average Bonchev–Trinajstić information content (AvgIpc) is 3.08. The third-order valence-corrected chi connectivity index (χ3v) is 6.49. The Morgan fingerprint density at radius 1 is 1.16 bits per heavy atom. The third kappa shape index (κ3) is 2.25. The highest BCUT2D eigenvalue weighted by Crippen LogP contribution is 2.57. The number of fused-ring (bicyclic) bond motifs is 3. The molecular formula is C19H28N2O4. The molecule has 2 saturated heterocycles. The second-order valence-electron chi connectivity index (χ2n) is 8.04. The van der Waals surface area contributed by atoms with E-state index in [0.717, 1.165) is 25.7 Å². The van der Waals surface area contributed by atoms with E-state index in [1.807, 2.05) is 49.2 Å². The van der Waals surface area contributed by atoms with Crippen LogP contribution in [0.2, 0.25) is 0 Å². The van der Waals surface area contributed by atoms with Crippen LogP contribution < -0.4 is 0 Å². The van der Waals surface area contributed by atoms with Crippen LogP contribution >= 0.6 is 0 Å². The first-order valence-electron chi connectivity index (χ1n) is 9.15. The zero-order valence-corrected chi connectivity index (χ0v) is 15.2. The second kappa shape index (κ2) is 5.74. The Morgan fingerprint density at radius 2 is 1.80 bits per heavy atom. The van der Waals surface area contributed by atoms with Crippen LogP contribution in [0.15, 0.2) is 30.3 Å². The number of hydroxylamine groups is 4. The number of ether oxygens (including phenoxy) is 1. The van der Waals surface area contributed by atoms with Gasteiger partial charge >= 0.3 is 0 Å². The maximum absolute atomic E-state index is 11.3. The number of benzene rings is 1. The molecule has 0 radical (unpaired) electrons. The smallest absolute Gasteiger partial charge is 0.214 e. The molecule has 0 bridgehead atoms.